The Bertz CT molecular complexity index is 447. The quantitative estimate of drug-likeness (QED) is 0.869. The molecule has 5 nitrogen and oxygen atoms in total. The smallest absolute Gasteiger partial charge is 0.253 e. The fraction of sp³-hybridized carbons (Fsp3) is 0.571. The van der Waals surface area contributed by atoms with E-state index in [-0.39, 0.29) is 17.6 Å². The zero-order chi connectivity index (χ0) is 13.9. The van der Waals surface area contributed by atoms with Gasteiger partial charge in [0.05, 0.1) is 17.2 Å². The van der Waals surface area contributed by atoms with E-state index in [1.54, 1.807) is 12.3 Å². The molecule has 1 aromatic rings. The molecule has 104 valence electrons. The zero-order valence-electron chi connectivity index (χ0n) is 11.7. The number of amides is 1. The molecule has 2 N–H and O–H groups in total. The monoisotopic (exact) mass is 263 g/mol. The molecule has 0 spiro atoms. The summed E-state index contributed by atoms with van der Waals surface area (Å²) >= 11 is 0. The van der Waals surface area contributed by atoms with Crippen molar-refractivity contribution in [3.8, 4) is 0 Å². The van der Waals surface area contributed by atoms with Crippen molar-refractivity contribution in [3.05, 3.63) is 23.9 Å². The first-order valence-corrected chi connectivity index (χ1v) is 6.69. The lowest BCUT2D eigenvalue weighted by atomic mass is 9.94. The SMILES string of the molecule is CCNc1ccc(C(=O)NC2(C)CCOC2C)cn1. The number of nitrogens with one attached hydrogen (secondary N) is 2. The van der Waals surface area contributed by atoms with Crippen LogP contribution in [-0.2, 0) is 4.74 Å². The number of anilines is 1. The first-order chi connectivity index (χ1) is 9.05. The fourth-order valence-electron chi connectivity index (χ4n) is 2.14. The van der Waals surface area contributed by atoms with Crippen LogP contribution in [0.5, 0.6) is 0 Å². The minimum absolute atomic E-state index is 0.0328. The number of rotatable bonds is 4. The molecule has 1 amide bonds. The summed E-state index contributed by atoms with van der Waals surface area (Å²) in [5.74, 6) is 0.679. The highest BCUT2D eigenvalue weighted by atomic mass is 16.5. The van der Waals surface area contributed by atoms with Gasteiger partial charge in [-0.1, -0.05) is 0 Å². The third kappa shape index (κ3) is 3.04. The van der Waals surface area contributed by atoms with Crippen molar-refractivity contribution in [2.75, 3.05) is 18.5 Å². The summed E-state index contributed by atoms with van der Waals surface area (Å²) in [6.45, 7) is 7.51. The van der Waals surface area contributed by atoms with Crippen LogP contribution in [0.15, 0.2) is 18.3 Å². The van der Waals surface area contributed by atoms with Crippen LogP contribution in [0.2, 0.25) is 0 Å². The summed E-state index contributed by atoms with van der Waals surface area (Å²) in [4.78, 5) is 16.4. The van der Waals surface area contributed by atoms with Crippen molar-refractivity contribution in [1.29, 1.82) is 0 Å². The first-order valence-electron chi connectivity index (χ1n) is 6.69. The van der Waals surface area contributed by atoms with Gasteiger partial charge in [0.25, 0.3) is 5.91 Å². The first kappa shape index (κ1) is 13.8. The third-order valence-electron chi connectivity index (χ3n) is 3.67. The van der Waals surface area contributed by atoms with Crippen LogP contribution < -0.4 is 10.6 Å². The summed E-state index contributed by atoms with van der Waals surface area (Å²) in [6.07, 6.45) is 2.46. The summed E-state index contributed by atoms with van der Waals surface area (Å²) in [7, 11) is 0. The van der Waals surface area contributed by atoms with E-state index in [0.29, 0.717) is 12.2 Å². The number of aromatic nitrogens is 1. The van der Waals surface area contributed by atoms with Crippen LogP contribution in [0.25, 0.3) is 0 Å². The number of nitrogens with zero attached hydrogens (tertiary/aromatic N) is 1. The van der Waals surface area contributed by atoms with E-state index < -0.39 is 0 Å². The van der Waals surface area contributed by atoms with Crippen molar-refractivity contribution >= 4 is 11.7 Å². The maximum Gasteiger partial charge on any atom is 0.253 e. The summed E-state index contributed by atoms with van der Waals surface area (Å²) in [6, 6.07) is 3.60. The van der Waals surface area contributed by atoms with Crippen LogP contribution in [0, 0.1) is 0 Å². The lowest BCUT2D eigenvalue weighted by Gasteiger charge is -2.28. The number of pyridine rings is 1. The van der Waals surface area contributed by atoms with Crippen LogP contribution in [0.4, 0.5) is 5.82 Å². The molecular formula is C14H21N3O2. The van der Waals surface area contributed by atoms with E-state index >= 15 is 0 Å². The van der Waals surface area contributed by atoms with Crippen LogP contribution in [-0.4, -0.2) is 35.7 Å². The van der Waals surface area contributed by atoms with E-state index in [4.69, 9.17) is 4.74 Å². The van der Waals surface area contributed by atoms with E-state index in [1.807, 2.05) is 26.8 Å². The van der Waals surface area contributed by atoms with Gasteiger partial charge < -0.3 is 15.4 Å². The van der Waals surface area contributed by atoms with Gasteiger partial charge in [0.2, 0.25) is 0 Å². The average Bonchev–Trinajstić information content (AvgIpc) is 2.70. The van der Waals surface area contributed by atoms with Gasteiger partial charge in [-0.15, -0.1) is 0 Å². The van der Waals surface area contributed by atoms with Crippen LogP contribution in [0.3, 0.4) is 0 Å². The van der Waals surface area contributed by atoms with Gasteiger partial charge in [0.1, 0.15) is 5.82 Å². The standard InChI is InChI=1S/C14H21N3O2/c1-4-15-12-6-5-11(9-16-12)13(18)17-14(3)7-8-19-10(14)2/h5-6,9-10H,4,7-8H2,1-3H3,(H,15,16)(H,17,18). The van der Waals surface area contributed by atoms with E-state index in [0.717, 1.165) is 18.8 Å². The van der Waals surface area contributed by atoms with Crippen molar-refractivity contribution in [2.45, 2.75) is 38.8 Å². The third-order valence-corrected chi connectivity index (χ3v) is 3.67. The minimum atomic E-state index is -0.294. The van der Waals surface area contributed by atoms with Gasteiger partial charge in [0.15, 0.2) is 0 Å². The molecule has 1 aromatic heterocycles. The molecule has 1 aliphatic heterocycles. The highest BCUT2D eigenvalue weighted by molar-refractivity contribution is 5.94. The molecule has 0 bridgehead atoms. The largest absolute Gasteiger partial charge is 0.376 e. The van der Waals surface area contributed by atoms with Gasteiger partial charge in [-0.05, 0) is 39.3 Å². The molecule has 0 saturated carbocycles. The van der Waals surface area contributed by atoms with E-state index in [2.05, 4.69) is 15.6 Å². The van der Waals surface area contributed by atoms with Crippen molar-refractivity contribution in [3.63, 3.8) is 0 Å². The Hall–Kier alpha value is -1.62. The second-order valence-electron chi connectivity index (χ2n) is 5.10. The fourth-order valence-corrected chi connectivity index (χ4v) is 2.14. The lowest BCUT2D eigenvalue weighted by molar-refractivity contribution is 0.0727. The van der Waals surface area contributed by atoms with Gasteiger partial charge in [-0.2, -0.15) is 0 Å². The topological polar surface area (TPSA) is 63.2 Å². The van der Waals surface area contributed by atoms with Gasteiger partial charge in [-0.25, -0.2) is 4.98 Å². The van der Waals surface area contributed by atoms with E-state index in [9.17, 15) is 4.79 Å². The second-order valence-corrected chi connectivity index (χ2v) is 5.10. The molecule has 19 heavy (non-hydrogen) atoms. The zero-order valence-corrected chi connectivity index (χ0v) is 11.7. The Balaban J connectivity index is 2.03. The molecule has 1 fully saturated rings. The Labute approximate surface area is 113 Å². The molecule has 2 unspecified atom stereocenters. The van der Waals surface area contributed by atoms with E-state index in [1.165, 1.54) is 0 Å². The Kier molecular flexibility index (Phi) is 4.04. The molecule has 2 heterocycles. The number of hydrogen-bond donors (Lipinski definition) is 2. The second kappa shape index (κ2) is 5.57. The molecule has 5 heteroatoms. The van der Waals surface area contributed by atoms with Crippen molar-refractivity contribution in [1.82, 2.24) is 10.3 Å². The molecule has 2 atom stereocenters. The van der Waals surface area contributed by atoms with Gasteiger partial charge in [0, 0.05) is 19.3 Å². The average molecular weight is 263 g/mol. The summed E-state index contributed by atoms with van der Waals surface area (Å²) in [5, 5.41) is 6.15. The summed E-state index contributed by atoms with van der Waals surface area (Å²) < 4.78 is 5.52. The van der Waals surface area contributed by atoms with Gasteiger partial charge >= 0.3 is 0 Å². The highest BCUT2D eigenvalue weighted by Gasteiger charge is 2.38. The van der Waals surface area contributed by atoms with Crippen LogP contribution >= 0.6 is 0 Å². The molecule has 1 aliphatic rings. The van der Waals surface area contributed by atoms with Crippen molar-refractivity contribution in [2.24, 2.45) is 0 Å². The van der Waals surface area contributed by atoms with Gasteiger partial charge in [-0.3, -0.25) is 4.79 Å². The lowest BCUT2D eigenvalue weighted by Crippen LogP contribution is -2.50. The predicted octanol–water partition coefficient (Wildman–Crippen LogP) is 1.81. The maximum atomic E-state index is 12.2. The molecule has 0 aromatic carbocycles. The minimum Gasteiger partial charge on any atom is -0.376 e. The Morgan fingerprint density at radius 2 is 2.37 bits per heavy atom. The molecular weight excluding hydrogens is 242 g/mol. The number of ether oxygens (including phenoxy) is 1. The molecule has 2 rings (SSSR count). The molecule has 1 saturated heterocycles. The molecule has 0 radical (unpaired) electrons. The Morgan fingerprint density at radius 1 is 1.58 bits per heavy atom. The normalized spacial score (nSPS) is 26.2. The number of carbonyl (C=O) groups excluding carboxylic acids is 1. The number of carbonyl (C=O) groups is 1. The Morgan fingerprint density at radius 3 is 2.89 bits per heavy atom. The van der Waals surface area contributed by atoms with Crippen LogP contribution in [0.1, 0.15) is 37.6 Å². The maximum absolute atomic E-state index is 12.2. The number of hydrogen-bond acceptors (Lipinski definition) is 4. The highest BCUT2D eigenvalue weighted by Crippen LogP contribution is 2.25. The summed E-state index contributed by atoms with van der Waals surface area (Å²) in [5.41, 5.74) is 0.277. The predicted molar refractivity (Wildman–Crippen MR) is 74.3 cm³/mol. The molecule has 0 aliphatic carbocycles. The van der Waals surface area contributed by atoms with Crippen molar-refractivity contribution < 1.29 is 9.53 Å².